The first kappa shape index (κ1) is 28.3. The van der Waals surface area contributed by atoms with Crippen LogP contribution in [-0.4, -0.2) is 56.8 Å². The molecule has 0 saturated carbocycles. The number of likely N-dealkylation sites (tertiary alicyclic amines) is 1. The second-order valence-corrected chi connectivity index (χ2v) is 11.4. The van der Waals surface area contributed by atoms with Crippen LogP contribution in [0.1, 0.15) is 44.7 Å². The molecule has 9 nitrogen and oxygen atoms in total. The molecule has 2 aromatic heterocycles. The van der Waals surface area contributed by atoms with E-state index in [1.807, 2.05) is 52.1 Å². The van der Waals surface area contributed by atoms with Crippen LogP contribution < -0.4 is 16.4 Å². The molecule has 206 valence electrons. The number of amides is 3. The zero-order valence-corrected chi connectivity index (χ0v) is 23.4. The van der Waals surface area contributed by atoms with Crippen molar-refractivity contribution >= 4 is 46.6 Å². The first-order valence-corrected chi connectivity index (χ1v) is 14.1. The number of imidazole rings is 1. The summed E-state index contributed by atoms with van der Waals surface area (Å²) in [5.41, 5.74) is 7.10. The molecule has 0 spiro atoms. The van der Waals surface area contributed by atoms with E-state index in [-0.39, 0.29) is 5.91 Å². The Hall–Kier alpha value is -3.76. The van der Waals surface area contributed by atoms with E-state index in [1.165, 1.54) is 11.3 Å². The SMILES string of the molecule is CC1CCN(C(=O)/C(=C/n2cnc(NC(=O)[C@@H](Cc3ccsc3)NC(=O)C(C)(C)N)c2)c2ccccc2)CC1. The number of thiophene rings is 1. The van der Waals surface area contributed by atoms with Crippen LogP contribution in [0.15, 0.2) is 59.7 Å². The number of anilines is 1. The normalized spacial score (nSPS) is 15.6. The van der Waals surface area contributed by atoms with Crippen molar-refractivity contribution in [2.45, 2.75) is 51.6 Å². The number of rotatable bonds is 9. The highest BCUT2D eigenvalue weighted by atomic mass is 32.1. The van der Waals surface area contributed by atoms with E-state index >= 15 is 0 Å². The van der Waals surface area contributed by atoms with Crippen molar-refractivity contribution in [3.8, 4) is 0 Å². The fourth-order valence-electron chi connectivity index (χ4n) is 4.29. The number of hydrogen-bond donors (Lipinski definition) is 3. The lowest BCUT2D eigenvalue weighted by Gasteiger charge is -2.31. The Morgan fingerprint density at radius 1 is 1.18 bits per heavy atom. The van der Waals surface area contributed by atoms with Gasteiger partial charge in [-0.15, -0.1) is 0 Å². The van der Waals surface area contributed by atoms with Gasteiger partial charge in [-0.05, 0) is 60.6 Å². The van der Waals surface area contributed by atoms with Gasteiger partial charge in [0.15, 0.2) is 5.82 Å². The minimum atomic E-state index is -1.13. The number of hydrogen-bond acceptors (Lipinski definition) is 6. The third-order valence-corrected chi connectivity index (χ3v) is 7.48. The molecular weight excluding hydrogens is 512 g/mol. The van der Waals surface area contributed by atoms with E-state index in [0.29, 0.717) is 23.7 Å². The third kappa shape index (κ3) is 7.64. The van der Waals surface area contributed by atoms with Gasteiger partial charge >= 0.3 is 0 Å². The predicted molar refractivity (Wildman–Crippen MR) is 155 cm³/mol. The number of benzene rings is 1. The summed E-state index contributed by atoms with van der Waals surface area (Å²) in [6.07, 6.45) is 7.21. The number of carbonyl (C=O) groups excluding carboxylic acids is 3. The molecule has 4 rings (SSSR count). The average Bonchev–Trinajstić information content (AvgIpc) is 3.59. The van der Waals surface area contributed by atoms with Gasteiger partial charge in [0.2, 0.25) is 11.8 Å². The maximum atomic E-state index is 13.5. The lowest BCUT2D eigenvalue weighted by atomic mass is 9.97. The van der Waals surface area contributed by atoms with Crippen molar-refractivity contribution in [3.63, 3.8) is 0 Å². The first-order chi connectivity index (χ1) is 18.6. The van der Waals surface area contributed by atoms with Gasteiger partial charge < -0.3 is 25.8 Å². The van der Waals surface area contributed by atoms with Gasteiger partial charge in [0.05, 0.1) is 17.3 Å². The molecule has 1 atom stereocenters. The second-order valence-electron chi connectivity index (χ2n) is 10.7. The molecule has 0 aliphatic carbocycles. The Balaban J connectivity index is 1.53. The molecule has 4 N–H and O–H groups in total. The lowest BCUT2D eigenvalue weighted by molar-refractivity contribution is -0.129. The van der Waals surface area contributed by atoms with Crippen molar-refractivity contribution in [3.05, 3.63) is 70.8 Å². The molecular formula is C29H36N6O3S. The Morgan fingerprint density at radius 2 is 1.90 bits per heavy atom. The van der Waals surface area contributed by atoms with Gasteiger partial charge in [-0.3, -0.25) is 14.4 Å². The van der Waals surface area contributed by atoms with Gasteiger partial charge in [0.25, 0.3) is 5.91 Å². The van der Waals surface area contributed by atoms with Crippen molar-refractivity contribution < 1.29 is 14.4 Å². The monoisotopic (exact) mass is 548 g/mol. The molecule has 0 unspecified atom stereocenters. The van der Waals surface area contributed by atoms with Gasteiger partial charge in [0, 0.05) is 25.7 Å². The highest BCUT2D eigenvalue weighted by Crippen LogP contribution is 2.23. The van der Waals surface area contributed by atoms with Crippen molar-refractivity contribution in [1.29, 1.82) is 0 Å². The molecule has 10 heteroatoms. The Labute approximate surface area is 233 Å². The summed E-state index contributed by atoms with van der Waals surface area (Å²) in [6.45, 7) is 6.85. The Bertz CT molecular complexity index is 1300. The number of nitrogens with two attached hydrogens (primary N) is 1. The summed E-state index contributed by atoms with van der Waals surface area (Å²) in [5.74, 6) is 0.0522. The summed E-state index contributed by atoms with van der Waals surface area (Å²) in [6, 6.07) is 10.6. The topological polar surface area (TPSA) is 122 Å². The quantitative estimate of drug-likeness (QED) is 0.353. The summed E-state index contributed by atoms with van der Waals surface area (Å²) < 4.78 is 1.66. The summed E-state index contributed by atoms with van der Waals surface area (Å²) >= 11 is 1.52. The first-order valence-electron chi connectivity index (χ1n) is 13.1. The number of piperidine rings is 1. The molecule has 1 saturated heterocycles. The number of nitrogens with one attached hydrogen (secondary N) is 2. The molecule has 3 amide bonds. The molecule has 1 aliphatic heterocycles. The number of carbonyl (C=O) groups is 3. The fourth-order valence-corrected chi connectivity index (χ4v) is 4.97. The van der Waals surface area contributed by atoms with Gasteiger partial charge in [-0.2, -0.15) is 11.3 Å². The van der Waals surface area contributed by atoms with Crippen LogP contribution in [0.5, 0.6) is 0 Å². The van der Waals surface area contributed by atoms with E-state index in [2.05, 4.69) is 22.5 Å². The molecule has 3 aromatic rings. The van der Waals surface area contributed by atoms with E-state index in [4.69, 9.17) is 5.73 Å². The highest BCUT2D eigenvalue weighted by molar-refractivity contribution is 7.07. The van der Waals surface area contributed by atoms with E-state index < -0.39 is 23.4 Å². The minimum absolute atomic E-state index is 0.0321. The average molecular weight is 549 g/mol. The van der Waals surface area contributed by atoms with Crippen LogP contribution >= 0.6 is 11.3 Å². The van der Waals surface area contributed by atoms with Crippen LogP contribution in [0.2, 0.25) is 0 Å². The van der Waals surface area contributed by atoms with Crippen LogP contribution in [-0.2, 0) is 20.8 Å². The summed E-state index contributed by atoms with van der Waals surface area (Å²) in [4.78, 5) is 45.5. The molecule has 1 fully saturated rings. The van der Waals surface area contributed by atoms with E-state index in [1.54, 1.807) is 37.1 Å². The number of aromatic nitrogens is 2. The second kappa shape index (κ2) is 12.4. The molecule has 3 heterocycles. The van der Waals surface area contributed by atoms with Gasteiger partial charge in [-0.1, -0.05) is 37.3 Å². The van der Waals surface area contributed by atoms with Crippen molar-refractivity contribution in [2.75, 3.05) is 18.4 Å². The van der Waals surface area contributed by atoms with Crippen LogP contribution in [0, 0.1) is 5.92 Å². The maximum Gasteiger partial charge on any atom is 0.255 e. The molecule has 1 aromatic carbocycles. The third-order valence-electron chi connectivity index (χ3n) is 6.74. The zero-order chi connectivity index (χ0) is 28.0. The number of nitrogens with zero attached hydrogens (tertiary/aromatic N) is 3. The van der Waals surface area contributed by atoms with Crippen LogP contribution in [0.25, 0.3) is 11.8 Å². The Morgan fingerprint density at radius 3 is 2.54 bits per heavy atom. The van der Waals surface area contributed by atoms with Crippen LogP contribution in [0.4, 0.5) is 5.82 Å². The zero-order valence-electron chi connectivity index (χ0n) is 22.6. The lowest BCUT2D eigenvalue weighted by Crippen LogP contribution is -2.55. The van der Waals surface area contributed by atoms with E-state index in [9.17, 15) is 14.4 Å². The van der Waals surface area contributed by atoms with Crippen molar-refractivity contribution in [2.24, 2.45) is 11.7 Å². The Kier molecular flexibility index (Phi) is 8.98. The molecule has 0 radical (unpaired) electrons. The highest BCUT2D eigenvalue weighted by Gasteiger charge is 2.29. The predicted octanol–water partition coefficient (Wildman–Crippen LogP) is 3.60. The summed E-state index contributed by atoms with van der Waals surface area (Å²) in [5, 5.41) is 9.41. The fraction of sp³-hybridized carbons (Fsp3) is 0.379. The molecule has 0 bridgehead atoms. The minimum Gasteiger partial charge on any atom is -0.342 e. The van der Waals surface area contributed by atoms with Gasteiger partial charge in [0.1, 0.15) is 12.4 Å². The largest absolute Gasteiger partial charge is 0.342 e. The standard InChI is InChI=1S/C29H36N6O3S/c1-20-9-12-35(13-10-20)27(37)23(22-7-5-4-6-8-22)16-34-17-25(31-19-34)33-26(36)24(15-21-11-14-39-18-21)32-28(38)29(2,3)30/h4-8,11,14,16-20,24H,9-10,12-13,15,30H2,1-3H3,(H,32,38)(H,33,36)/b23-16+/t24-/m1/s1. The van der Waals surface area contributed by atoms with Crippen molar-refractivity contribution in [1.82, 2.24) is 19.8 Å². The van der Waals surface area contributed by atoms with Gasteiger partial charge in [-0.25, -0.2) is 4.98 Å². The molecule has 1 aliphatic rings. The summed E-state index contributed by atoms with van der Waals surface area (Å²) in [7, 11) is 0. The smallest absolute Gasteiger partial charge is 0.255 e. The molecule has 39 heavy (non-hydrogen) atoms. The van der Waals surface area contributed by atoms with Crippen LogP contribution in [0.3, 0.4) is 0 Å². The maximum absolute atomic E-state index is 13.5. The van der Waals surface area contributed by atoms with E-state index in [0.717, 1.165) is 37.1 Å².